The number of carbonyl (C=O) groups excluding carboxylic acids is 1. The van der Waals surface area contributed by atoms with Crippen molar-refractivity contribution in [2.24, 2.45) is 4.99 Å². The van der Waals surface area contributed by atoms with Crippen molar-refractivity contribution >= 4 is 33.2 Å². The molecule has 0 spiro atoms. The van der Waals surface area contributed by atoms with Crippen LogP contribution >= 0.6 is 0 Å². The third kappa shape index (κ3) is 5.62. The van der Waals surface area contributed by atoms with Crippen LogP contribution in [0.25, 0.3) is 21.5 Å². The third-order valence-corrected chi connectivity index (χ3v) is 6.33. The van der Waals surface area contributed by atoms with Crippen LogP contribution in [0.5, 0.6) is 0 Å². The van der Waals surface area contributed by atoms with Gasteiger partial charge in [0.1, 0.15) is 5.60 Å². The molecule has 1 unspecified atom stereocenters. The molecule has 0 radical (unpaired) electrons. The summed E-state index contributed by atoms with van der Waals surface area (Å²) in [7, 11) is 0. The summed E-state index contributed by atoms with van der Waals surface area (Å²) in [5.41, 5.74) is 3.21. The third-order valence-electron chi connectivity index (χ3n) is 6.33. The summed E-state index contributed by atoms with van der Waals surface area (Å²) in [5, 5.41) is 4.45. The van der Waals surface area contributed by atoms with Crippen molar-refractivity contribution in [2.75, 3.05) is 0 Å². The summed E-state index contributed by atoms with van der Waals surface area (Å²) in [4.78, 5) is 18.8. The smallest absolute Gasteiger partial charge is 0.331 e. The molecule has 3 nitrogen and oxygen atoms in total. The number of carbonyl (C=O) groups is 1. The van der Waals surface area contributed by atoms with E-state index in [9.17, 15) is 4.79 Å². The Morgan fingerprint density at radius 2 is 1.16 bits per heavy atom. The van der Waals surface area contributed by atoms with Crippen LogP contribution in [-0.4, -0.2) is 23.3 Å². The van der Waals surface area contributed by atoms with E-state index < -0.39 is 11.6 Å². The number of benzene rings is 5. The van der Waals surface area contributed by atoms with E-state index in [-0.39, 0.29) is 5.97 Å². The van der Waals surface area contributed by atoms with Crippen molar-refractivity contribution in [3.05, 3.63) is 132 Å². The van der Waals surface area contributed by atoms with Crippen LogP contribution in [0.4, 0.5) is 0 Å². The van der Waals surface area contributed by atoms with Crippen LogP contribution in [0.2, 0.25) is 0 Å². The average molecular weight is 486 g/mol. The molecule has 0 amide bonds. The quantitative estimate of drug-likeness (QED) is 0.182. The van der Waals surface area contributed by atoms with Crippen molar-refractivity contribution in [1.82, 2.24) is 0 Å². The second-order valence-electron chi connectivity index (χ2n) is 10.3. The van der Waals surface area contributed by atoms with Crippen molar-refractivity contribution < 1.29 is 9.53 Å². The molecule has 184 valence electrons. The zero-order valence-electron chi connectivity index (χ0n) is 21.5. The van der Waals surface area contributed by atoms with Gasteiger partial charge in [-0.2, -0.15) is 0 Å². The van der Waals surface area contributed by atoms with Gasteiger partial charge in [-0.05, 0) is 47.9 Å². The van der Waals surface area contributed by atoms with Gasteiger partial charge in [0.05, 0.1) is 5.71 Å². The van der Waals surface area contributed by atoms with Crippen molar-refractivity contribution in [2.45, 2.75) is 38.8 Å². The molecule has 0 saturated carbocycles. The highest BCUT2D eigenvalue weighted by Gasteiger charge is 2.27. The predicted molar refractivity (Wildman–Crippen MR) is 153 cm³/mol. The highest BCUT2D eigenvalue weighted by atomic mass is 16.6. The maximum atomic E-state index is 13.6. The maximum Gasteiger partial charge on any atom is 0.331 e. The number of rotatable bonds is 6. The van der Waals surface area contributed by atoms with Gasteiger partial charge in [0.15, 0.2) is 6.04 Å². The van der Waals surface area contributed by atoms with E-state index in [1.54, 1.807) is 0 Å². The molecule has 3 heteroatoms. The standard InChI is InChI=1S/C34H31NO2/c1-34(2,3)37-33(36)31(23-24-13-5-4-6-14-24)35-32(29-21-11-17-25-15-7-9-19-27(25)29)30-22-12-18-26-16-8-10-20-28(26)30/h4-22,31H,23H2,1-3H3. The maximum absolute atomic E-state index is 13.6. The Morgan fingerprint density at radius 1 is 0.676 bits per heavy atom. The molecule has 0 N–H and O–H groups in total. The molecule has 0 aliphatic heterocycles. The van der Waals surface area contributed by atoms with Crippen LogP contribution in [0.15, 0.2) is 120 Å². The molecule has 0 aromatic heterocycles. The second kappa shape index (κ2) is 10.4. The number of nitrogens with zero attached hydrogens (tertiary/aromatic N) is 1. The molecule has 0 heterocycles. The van der Waals surface area contributed by atoms with E-state index >= 15 is 0 Å². The first-order valence-electron chi connectivity index (χ1n) is 12.7. The molecule has 5 aromatic rings. The molecule has 5 rings (SSSR count). The number of ether oxygens (including phenoxy) is 1. The minimum atomic E-state index is -0.699. The van der Waals surface area contributed by atoms with E-state index in [1.165, 1.54) is 0 Å². The lowest BCUT2D eigenvalue weighted by molar-refractivity contribution is -0.156. The van der Waals surface area contributed by atoms with Crippen LogP contribution in [0.3, 0.4) is 0 Å². The first-order valence-corrected chi connectivity index (χ1v) is 12.7. The van der Waals surface area contributed by atoms with E-state index in [1.807, 2.05) is 75.4 Å². The van der Waals surface area contributed by atoms with Gasteiger partial charge in [-0.1, -0.05) is 115 Å². The number of esters is 1. The minimum absolute atomic E-state index is 0.325. The van der Waals surface area contributed by atoms with Gasteiger partial charge < -0.3 is 4.74 Å². The summed E-state index contributed by atoms with van der Waals surface area (Å²) in [6, 6.07) is 38.4. The van der Waals surface area contributed by atoms with Crippen LogP contribution in [-0.2, 0) is 16.0 Å². The summed E-state index contributed by atoms with van der Waals surface area (Å²) in [6.45, 7) is 5.68. The molecule has 5 aromatic carbocycles. The van der Waals surface area contributed by atoms with Gasteiger partial charge in [0, 0.05) is 17.5 Å². The lowest BCUT2D eigenvalue weighted by atomic mass is 9.92. The number of fused-ring (bicyclic) bond motifs is 2. The molecule has 0 aliphatic carbocycles. The molecule has 37 heavy (non-hydrogen) atoms. The highest BCUT2D eigenvalue weighted by Crippen LogP contribution is 2.28. The highest BCUT2D eigenvalue weighted by molar-refractivity contribution is 6.24. The molecule has 0 fully saturated rings. The van der Waals surface area contributed by atoms with Gasteiger partial charge in [-0.3, -0.25) is 4.99 Å². The topological polar surface area (TPSA) is 38.7 Å². The Kier molecular flexibility index (Phi) is 6.87. The van der Waals surface area contributed by atoms with E-state index in [0.717, 1.165) is 43.9 Å². The van der Waals surface area contributed by atoms with Crippen molar-refractivity contribution in [3.63, 3.8) is 0 Å². The molecular weight excluding hydrogens is 454 g/mol. The summed E-state index contributed by atoms with van der Waals surface area (Å²) in [6.07, 6.45) is 0.453. The zero-order valence-corrected chi connectivity index (χ0v) is 21.5. The molecule has 0 saturated heterocycles. The summed E-state index contributed by atoms with van der Waals surface area (Å²) in [5.74, 6) is -0.325. The number of hydrogen-bond acceptors (Lipinski definition) is 3. The average Bonchev–Trinajstić information content (AvgIpc) is 2.90. The Morgan fingerprint density at radius 3 is 1.70 bits per heavy atom. The predicted octanol–water partition coefficient (Wildman–Crippen LogP) is 7.78. The second-order valence-corrected chi connectivity index (χ2v) is 10.3. The molecule has 0 aliphatic rings. The molecule has 1 atom stereocenters. The Hall–Kier alpha value is -4.24. The summed E-state index contributed by atoms with van der Waals surface area (Å²) < 4.78 is 5.87. The minimum Gasteiger partial charge on any atom is -0.458 e. The zero-order chi connectivity index (χ0) is 25.8. The fraction of sp³-hybridized carbons (Fsp3) is 0.176. The number of hydrogen-bond donors (Lipinski definition) is 0. The lowest BCUT2D eigenvalue weighted by Gasteiger charge is -2.23. The Balaban J connectivity index is 1.75. The van der Waals surface area contributed by atoms with Gasteiger partial charge >= 0.3 is 5.97 Å². The molecular formula is C34H31NO2. The van der Waals surface area contributed by atoms with Crippen molar-refractivity contribution in [1.29, 1.82) is 0 Å². The van der Waals surface area contributed by atoms with Gasteiger partial charge in [0.25, 0.3) is 0 Å². The van der Waals surface area contributed by atoms with E-state index in [0.29, 0.717) is 6.42 Å². The lowest BCUT2D eigenvalue weighted by Crippen LogP contribution is -2.33. The summed E-state index contributed by atoms with van der Waals surface area (Å²) >= 11 is 0. The Bertz CT molecular complexity index is 1490. The van der Waals surface area contributed by atoms with Crippen LogP contribution < -0.4 is 0 Å². The fourth-order valence-electron chi connectivity index (χ4n) is 4.69. The van der Waals surface area contributed by atoms with Crippen LogP contribution in [0.1, 0.15) is 37.5 Å². The fourth-order valence-corrected chi connectivity index (χ4v) is 4.69. The SMILES string of the molecule is CC(C)(C)OC(=O)C(Cc1ccccc1)N=C(c1cccc2ccccc12)c1cccc2ccccc12. The Labute approximate surface area is 218 Å². The van der Waals surface area contributed by atoms with Gasteiger partial charge in [-0.25, -0.2) is 4.79 Å². The normalized spacial score (nSPS) is 12.3. The van der Waals surface area contributed by atoms with E-state index in [2.05, 4.69) is 60.7 Å². The van der Waals surface area contributed by atoms with Gasteiger partial charge in [-0.15, -0.1) is 0 Å². The monoisotopic (exact) mass is 485 g/mol. The van der Waals surface area contributed by atoms with Crippen LogP contribution in [0, 0.1) is 0 Å². The molecule has 0 bridgehead atoms. The largest absolute Gasteiger partial charge is 0.458 e. The first kappa shape index (κ1) is 24.5. The van der Waals surface area contributed by atoms with Crippen molar-refractivity contribution in [3.8, 4) is 0 Å². The van der Waals surface area contributed by atoms with Gasteiger partial charge in [0.2, 0.25) is 0 Å². The van der Waals surface area contributed by atoms with E-state index in [4.69, 9.17) is 9.73 Å². The number of aliphatic imine (C=N–C) groups is 1. The first-order chi connectivity index (χ1) is 17.9.